The molecule has 3 rings (SSSR count). The summed E-state index contributed by atoms with van der Waals surface area (Å²) in [5, 5.41) is 8.50. The zero-order valence-corrected chi connectivity index (χ0v) is 17.8. The topological polar surface area (TPSA) is 23.8 Å². The van der Waals surface area contributed by atoms with E-state index in [4.69, 9.17) is 5.26 Å². The molecule has 0 radical (unpaired) electrons. The largest absolute Gasteiger partial charge is 0.192 e. The average molecular weight is 354 g/mol. The lowest BCUT2D eigenvalue weighted by molar-refractivity contribution is 0.197. The van der Waals surface area contributed by atoms with Crippen LogP contribution in [0.4, 0.5) is 0 Å². The lowest BCUT2D eigenvalue weighted by Crippen LogP contribution is -2.20. The van der Waals surface area contributed by atoms with Crippen LogP contribution in [0.3, 0.4) is 0 Å². The molecule has 1 unspecified atom stereocenters. The fourth-order valence-corrected chi connectivity index (χ4v) is 3.91. The van der Waals surface area contributed by atoms with Gasteiger partial charge in [0, 0.05) is 0 Å². The lowest BCUT2D eigenvalue weighted by atomic mass is 9.74. The van der Waals surface area contributed by atoms with Crippen molar-refractivity contribution in [3.63, 3.8) is 0 Å². The quantitative estimate of drug-likeness (QED) is 0.506. The fraction of sp³-hybridized carbons (Fsp3) is 0.640. The minimum atomic E-state index is 0.739. The summed E-state index contributed by atoms with van der Waals surface area (Å²) in [6.45, 7) is 10.4. The molecule has 0 N–H and O–H groups in total. The van der Waals surface area contributed by atoms with Crippen molar-refractivity contribution in [2.24, 2.45) is 11.3 Å². The van der Waals surface area contributed by atoms with Gasteiger partial charge in [-0.1, -0.05) is 50.8 Å². The number of hydrogen-bond acceptors (Lipinski definition) is 1. The van der Waals surface area contributed by atoms with Crippen LogP contribution in [0, 0.1) is 36.5 Å². The number of aryl methyl sites for hydroxylation is 2. The Labute approximate surface area is 162 Å². The van der Waals surface area contributed by atoms with E-state index in [0.717, 1.165) is 16.9 Å². The van der Waals surface area contributed by atoms with E-state index in [-0.39, 0.29) is 0 Å². The molecule has 2 saturated carbocycles. The monoisotopic (exact) mass is 353 g/mol. The van der Waals surface area contributed by atoms with Gasteiger partial charge < -0.3 is 0 Å². The molecule has 1 aromatic carbocycles. The number of nitrogens with zero attached hydrogens (tertiary/aromatic N) is 1. The van der Waals surface area contributed by atoms with Crippen LogP contribution in [0.15, 0.2) is 30.4 Å². The molecule has 2 aliphatic carbocycles. The second-order valence-corrected chi connectivity index (χ2v) is 8.02. The van der Waals surface area contributed by atoms with Gasteiger partial charge in [0.15, 0.2) is 0 Å². The Balaban J connectivity index is 0.000000220. The summed E-state index contributed by atoms with van der Waals surface area (Å²) in [6.07, 6.45) is 17.7. The van der Waals surface area contributed by atoms with E-state index in [1.807, 2.05) is 58.0 Å². The van der Waals surface area contributed by atoms with Crippen LogP contribution < -0.4 is 0 Å². The SMILES string of the molecule is C/C=C\C.CCCCC1CCCCC12CC2.Cc1ccc(C#N)cc1C. The Morgan fingerprint density at radius 1 is 1.08 bits per heavy atom. The van der Waals surface area contributed by atoms with Gasteiger partial charge >= 0.3 is 0 Å². The molecule has 2 aliphatic rings. The van der Waals surface area contributed by atoms with Gasteiger partial charge in [0.25, 0.3) is 0 Å². The number of benzene rings is 1. The second-order valence-electron chi connectivity index (χ2n) is 8.02. The number of unbranched alkanes of at least 4 members (excludes halogenated alkanes) is 1. The normalized spacial score (nSPS) is 19.8. The van der Waals surface area contributed by atoms with Gasteiger partial charge in [-0.25, -0.2) is 0 Å². The Morgan fingerprint density at radius 3 is 2.27 bits per heavy atom. The van der Waals surface area contributed by atoms with Gasteiger partial charge in [-0.05, 0) is 94.4 Å². The van der Waals surface area contributed by atoms with Crippen molar-refractivity contribution in [1.29, 1.82) is 5.26 Å². The van der Waals surface area contributed by atoms with Gasteiger partial charge in [0.1, 0.15) is 0 Å². The van der Waals surface area contributed by atoms with Crippen molar-refractivity contribution < 1.29 is 0 Å². The Morgan fingerprint density at radius 2 is 1.77 bits per heavy atom. The highest BCUT2D eigenvalue weighted by Gasteiger charge is 2.49. The van der Waals surface area contributed by atoms with E-state index < -0.39 is 0 Å². The molecule has 1 atom stereocenters. The second kappa shape index (κ2) is 11.9. The predicted molar refractivity (Wildman–Crippen MR) is 114 cm³/mol. The minimum absolute atomic E-state index is 0.739. The molecule has 0 aliphatic heterocycles. The zero-order chi connectivity index (χ0) is 19.4. The highest BCUT2D eigenvalue weighted by molar-refractivity contribution is 5.36. The highest BCUT2D eigenvalue weighted by atomic mass is 14.5. The van der Waals surface area contributed by atoms with E-state index in [2.05, 4.69) is 13.0 Å². The first-order chi connectivity index (χ1) is 12.5. The maximum Gasteiger partial charge on any atom is 0.0991 e. The van der Waals surface area contributed by atoms with Crippen molar-refractivity contribution in [3.05, 3.63) is 47.0 Å². The smallest absolute Gasteiger partial charge is 0.0991 e. The van der Waals surface area contributed by atoms with Gasteiger partial charge in [0.2, 0.25) is 0 Å². The summed E-state index contributed by atoms with van der Waals surface area (Å²) in [4.78, 5) is 0. The van der Waals surface area contributed by atoms with Crippen LogP contribution in [0.25, 0.3) is 0 Å². The molecule has 1 heteroatoms. The summed E-state index contributed by atoms with van der Waals surface area (Å²) in [5.41, 5.74) is 4.05. The lowest BCUT2D eigenvalue weighted by Gasteiger charge is -2.31. The first-order valence-electron chi connectivity index (χ1n) is 10.6. The molecule has 0 saturated heterocycles. The molecule has 1 spiro atoms. The first kappa shape index (κ1) is 22.5. The van der Waals surface area contributed by atoms with E-state index in [9.17, 15) is 0 Å². The van der Waals surface area contributed by atoms with Crippen LogP contribution in [0.1, 0.15) is 95.2 Å². The van der Waals surface area contributed by atoms with Gasteiger partial charge in [-0.2, -0.15) is 5.26 Å². The van der Waals surface area contributed by atoms with Gasteiger partial charge in [-0.3, -0.25) is 0 Å². The molecule has 0 amide bonds. The van der Waals surface area contributed by atoms with Gasteiger partial charge in [0.05, 0.1) is 11.6 Å². The van der Waals surface area contributed by atoms with Crippen molar-refractivity contribution in [3.8, 4) is 6.07 Å². The molecule has 2 fully saturated rings. The van der Waals surface area contributed by atoms with Crippen molar-refractivity contribution >= 4 is 0 Å². The van der Waals surface area contributed by atoms with Crippen LogP contribution in [-0.4, -0.2) is 0 Å². The summed E-state index contributed by atoms with van der Waals surface area (Å²) in [6, 6.07) is 7.79. The highest BCUT2D eigenvalue weighted by Crippen LogP contribution is 2.60. The third-order valence-corrected chi connectivity index (χ3v) is 6.11. The van der Waals surface area contributed by atoms with E-state index >= 15 is 0 Å². The van der Waals surface area contributed by atoms with Crippen molar-refractivity contribution in [2.75, 3.05) is 0 Å². The average Bonchev–Trinajstić information content (AvgIpc) is 3.44. The van der Waals surface area contributed by atoms with E-state index in [1.54, 1.807) is 25.7 Å². The summed E-state index contributed by atoms with van der Waals surface area (Å²) < 4.78 is 0. The van der Waals surface area contributed by atoms with Crippen LogP contribution in [0.2, 0.25) is 0 Å². The predicted octanol–water partition coefficient (Wildman–Crippen LogP) is 7.90. The Hall–Kier alpha value is -1.55. The van der Waals surface area contributed by atoms with E-state index in [0.29, 0.717) is 0 Å². The standard InChI is InChI=1S/C12H22.C9H9N.C4H8/c1-2-3-6-11-7-4-5-8-12(11)9-10-12;1-7-3-4-9(6-10)5-8(7)2;1-3-4-2/h11H,2-10H2,1H3;3-5H,1-2H3;3-4H,1-2H3/b;;4-3-. The molecular weight excluding hydrogens is 314 g/mol. The van der Waals surface area contributed by atoms with Crippen LogP contribution >= 0.6 is 0 Å². The number of rotatable bonds is 3. The molecule has 0 aromatic heterocycles. The third kappa shape index (κ3) is 7.36. The zero-order valence-electron chi connectivity index (χ0n) is 17.8. The Bertz CT molecular complexity index is 583. The summed E-state index contributed by atoms with van der Waals surface area (Å²) in [7, 11) is 0. The first-order valence-corrected chi connectivity index (χ1v) is 10.6. The van der Waals surface area contributed by atoms with Crippen molar-refractivity contribution in [1.82, 2.24) is 0 Å². The molecule has 0 bridgehead atoms. The number of allylic oxidation sites excluding steroid dienone is 2. The minimum Gasteiger partial charge on any atom is -0.192 e. The van der Waals surface area contributed by atoms with Gasteiger partial charge in [-0.15, -0.1) is 0 Å². The summed E-state index contributed by atoms with van der Waals surface area (Å²) >= 11 is 0. The maximum absolute atomic E-state index is 8.50. The number of hydrogen-bond donors (Lipinski definition) is 0. The molecular formula is C25H39N. The number of nitriles is 1. The van der Waals surface area contributed by atoms with Crippen LogP contribution in [0.5, 0.6) is 0 Å². The molecule has 1 aromatic rings. The van der Waals surface area contributed by atoms with Crippen LogP contribution in [-0.2, 0) is 0 Å². The molecule has 1 nitrogen and oxygen atoms in total. The van der Waals surface area contributed by atoms with Crippen molar-refractivity contribution in [2.45, 2.75) is 92.4 Å². The Kier molecular flexibility index (Phi) is 10.3. The fourth-order valence-electron chi connectivity index (χ4n) is 3.91. The molecule has 144 valence electrons. The van der Waals surface area contributed by atoms with E-state index in [1.165, 1.54) is 43.2 Å². The molecule has 26 heavy (non-hydrogen) atoms. The maximum atomic E-state index is 8.50. The summed E-state index contributed by atoms with van der Waals surface area (Å²) in [5.74, 6) is 1.13. The third-order valence-electron chi connectivity index (χ3n) is 6.11. The molecule has 0 heterocycles.